The first kappa shape index (κ1) is 11.0. The van der Waals surface area contributed by atoms with Gasteiger partial charge in [-0.05, 0) is 18.4 Å². The molecular weight excluding hydrogens is 222 g/mol. The van der Waals surface area contributed by atoms with E-state index in [9.17, 15) is 0 Å². The first-order valence-corrected chi connectivity index (χ1v) is 6.22. The lowest BCUT2D eigenvalue weighted by Gasteiger charge is -2.19. The highest BCUT2D eigenvalue weighted by Crippen LogP contribution is 2.20. The summed E-state index contributed by atoms with van der Waals surface area (Å²) in [5, 5.41) is 3.17. The van der Waals surface area contributed by atoms with Gasteiger partial charge in [0.15, 0.2) is 5.84 Å². The van der Waals surface area contributed by atoms with Crippen molar-refractivity contribution in [1.29, 1.82) is 0 Å². The van der Waals surface area contributed by atoms with Gasteiger partial charge in [-0.2, -0.15) is 0 Å². The van der Waals surface area contributed by atoms with Crippen molar-refractivity contribution >= 4 is 12.2 Å². The van der Waals surface area contributed by atoms with Crippen molar-refractivity contribution in [3.8, 4) is 0 Å². The number of nitrogens with zero attached hydrogens (tertiary/aromatic N) is 2. The lowest BCUT2D eigenvalue weighted by molar-refractivity contribution is 0.684. The summed E-state index contributed by atoms with van der Waals surface area (Å²) >= 11 is 0. The molecule has 0 fully saturated rings. The minimum Gasteiger partial charge on any atom is -0.351 e. The zero-order chi connectivity index (χ0) is 12.2. The molecule has 0 aromatic heterocycles. The monoisotopic (exact) mass is 237 g/mol. The quantitative estimate of drug-likeness (QED) is 0.843. The minimum atomic E-state index is -0.0325. The fourth-order valence-electron chi connectivity index (χ4n) is 2.10. The average Bonchev–Trinajstić information content (AvgIpc) is 2.49. The lowest BCUT2D eigenvalue weighted by Crippen LogP contribution is -2.24. The summed E-state index contributed by atoms with van der Waals surface area (Å²) < 4.78 is 0. The summed E-state index contributed by atoms with van der Waals surface area (Å²) in [5.41, 5.74) is 2.28. The predicted molar refractivity (Wildman–Crippen MR) is 74.7 cm³/mol. The molecule has 0 radical (unpaired) electrons. The van der Waals surface area contributed by atoms with Gasteiger partial charge in [0.25, 0.3) is 0 Å². The Kier molecular flexibility index (Phi) is 3.05. The van der Waals surface area contributed by atoms with Gasteiger partial charge in [0.05, 0.1) is 6.34 Å². The molecule has 2 aliphatic rings. The van der Waals surface area contributed by atoms with E-state index in [0.29, 0.717) is 0 Å². The summed E-state index contributed by atoms with van der Waals surface area (Å²) in [5.74, 6) is 0.818. The summed E-state index contributed by atoms with van der Waals surface area (Å²) in [6.07, 6.45) is 10.4. The maximum absolute atomic E-state index is 4.66. The van der Waals surface area contributed by atoms with E-state index in [1.165, 1.54) is 0 Å². The molecule has 0 amide bonds. The van der Waals surface area contributed by atoms with E-state index in [1.807, 2.05) is 18.2 Å². The fraction of sp³-hybridized carbons (Fsp3) is 0.200. The van der Waals surface area contributed by atoms with Crippen LogP contribution in [-0.4, -0.2) is 12.2 Å². The number of aliphatic imine (C=N–C) groups is 2. The second-order valence-corrected chi connectivity index (χ2v) is 4.33. The molecular formula is C15H15N3. The number of allylic oxidation sites excluding steroid dienone is 2. The molecule has 1 aromatic carbocycles. The number of hydrogen-bond acceptors (Lipinski definition) is 3. The summed E-state index contributed by atoms with van der Waals surface area (Å²) in [7, 11) is 0. The third kappa shape index (κ3) is 2.25. The van der Waals surface area contributed by atoms with Crippen LogP contribution in [0.4, 0.5) is 0 Å². The molecule has 1 aliphatic carbocycles. The van der Waals surface area contributed by atoms with Crippen LogP contribution < -0.4 is 5.32 Å². The van der Waals surface area contributed by atoms with Crippen LogP contribution in [-0.2, 0) is 0 Å². The molecule has 0 spiro atoms. The highest BCUT2D eigenvalue weighted by atomic mass is 15.2. The summed E-state index contributed by atoms with van der Waals surface area (Å²) in [4.78, 5) is 8.99. The molecule has 3 nitrogen and oxygen atoms in total. The molecule has 1 aromatic rings. The van der Waals surface area contributed by atoms with Gasteiger partial charge >= 0.3 is 0 Å². The van der Waals surface area contributed by atoms with E-state index < -0.39 is 0 Å². The Balaban J connectivity index is 1.88. The van der Waals surface area contributed by atoms with Gasteiger partial charge in [-0.25, -0.2) is 9.98 Å². The smallest absolute Gasteiger partial charge is 0.158 e. The van der Waals surface area contributed by atoms with E-state index in [-0.39, 0.29) is 6.17 Å². The van der Waals surface area contributed by atoms with Crippen molar-refractivity contribution in [2.75, 3.05) is 0 Å². The molecule has 0 bridgehead atoms. The maximum Gasteiger partial charge on any atom is 0.158 e. The lowest BCUT2D eigenvalue weighted by atomic mass is 10.1. The van der Waals surface area contributed by atoms with Crippen molar-refractivity contribution in [2.24, 2.45) is 9.98 Å². The van der Waals surface area contributed by atoms with Crippen LogP contribution in [0.15, 0.2) is 64.1 Å². The van der Waals surface area contributed by atoms with Crippen LogP contribution in [0.25, 0.3) is 0 Å². The second kappa shape index (κ2) is 5.00. The molecule has 0 saturated heterocycles. The van der Waals surface area contributed by atoms with Gasteiger partial charge in [-0.15, -0.1) is 0 Å². The van der Waals surface area contributed by atoms with Gasteiger partial charge in [0, 0.05) is 5.57 Å². The molecule has 1 atom stereocenters. The topological polar surface area (TPSA) is 36.8 Å². The summed E-state index contributed by atoms with van der Waals surface area (Å²) in [6, 6.07) is 10.2. The van der Waals surface area contributed by atoms with Crippen LogP contribution in [0.5, 0.6) is 0 Å². The van der Waals surface area contributed by atoms with Gasteiger partial charge in [-0.1, -0.05) is 48.6 Å². The standard InChI is InChI=1S/C15H15N3/c1-3-7-12(8-4-1)14-16-11-17-15(18-14)13-9-5-2-6-10-13/h1,3-5,7-11,14H,2,6H2,(H,16,17,18). The average molecular weight is 237 g/mol. The SMILES string of the molecule is C1=CC(C2=NC(c3ccccc3)NC=N2)=CCC1. The van der Waals surface area contributed by atoms with E-state index in [0.717, 1.165) is 29.8 Å². The van der Waals surface area contributed by atoms with Crippen molar-refractivity contribution in [3.63, 3.8) is 0 Å². The largest absolute Gasteiger partial charge is 0.351 e. The third-order valence-corrected chi connectivity index (χ3v) is 3.04. The molecule has 1 N–H and O–H groups in total. The van der Waals surface area contributed by atoms with E-state index >= 15 is 0 Å². The Morgan fingerprint density at radius 3 is 2.78 bits per heavy atom. The fourth-order valence-corrected chi connectivity index (χ4v) is 2.10. The highest BCUT2D eigenvalue weighted by Gasteiger charge is 2.14. The number of benzene rings is 1. The van der Waals surface area contributed by atoms with Crippen LogP contribution in [0.3, 0.4) is 0 Å². The normalized spacial score (nSPS) is 22.1. The van der Waals surface area contributed by atoms with Gasteiger partial charge in [-0.3, -0.25) is 0 Å². The van der Waals surface area contributed by atoms with Crippen LogP contribution in [0, 0.1) is 0 Å². The Bertz CT molecular complexity index is 538. The van der Waals surface area contributed by atoms with E-state index in [1.54, 1.807) is 6.34 Å². The first-order valence-electron chi connectivity index (χ1n) is 6.22. The van der Waals surface area contributed by atoms with Gasteiger partial charge in [0.2, 0.25) is 0 Å². The van der Waals surface area contributed by atoms with Crippen molar-refractivity contribution in [2.45, 2.75) is 19.0 Å². The molecule has 90 valence electrons. The summed E-state index contributed by atoms with van der Waals surface area (Å²) in [6.45, 7) is 0. The van der Waals surface area contributed by atoms with Crippen LogP contribution in [0.1, 0.15) is 24.6 Å². The number of amidine groups is 1. The third-order valence-electron chi connectivity index (χ3n) is 3.04. The minimum absolute atomic E-state index is 0.0325. The molecule has 3 rings (SSSR count). The Labute approximate surface area is 107 Å². The molecule has 1 unspecified atom stereocenters. The first-order chi connectivity index (χ1) is 8.93. The Morgan fingerprint density at radius 1 is 1.11 bits per heavy atom. The van der Waals surface area contributed by atoms with Crippen LogP contribution >= 0.6 is 0 Å². The molecule has 3 heteroatoms. The molecule has 18 heavy (non-hydrogen) atoms. The van der Waals surface area contributed by atoms with E-state index in [2.05, 4.69) is 45.7 Å². The molecule has 1 heterocycles. The maximum atomic E-state index is 4.66. The van der Waals surface area contributed by atoms with Crippen molar-refractivity contribution in [1.82, 2.24) is 5.32 Å². The Hall–Kier alpha value is -2.16. The highest BCUT2D eigenvalue weighted by molar-refractivity contribution is 6.05. The van der Waals surface area contributed by atoms with Crippen LogP contribution in [0.2, 0.25) is 0 Å². The zero-order valence-electron chi connectivity index (χ0n) is 10.1. The molecule has 0 saturated carbocycles. The van der Waals surface area contributed by atoms with Crippen molar-refractivity contribution in [3.05, 3.63) is 59.7 Å². The number of nitrogens with one attached hydrogen (secondary N) is 1. The van der Waals surface area contributed by atoms with Gasteiger partial charge < -0.3 is 5.32 Å². The zero-order valence-corrected chi connectivity index (χ0v) is 10.1. The van der Waals surface area contributed by atoms with Crippen molar-refractivity contribution < 1.29 is 0 Å². The number of rotatable bonds is 2. The van der Waals surface area contributed by atoms with Gasteiger partial charge in [0.1, 0.15) is 6.17 Å². The number of hydrogen-bond donors (Lipinski definition) is 1. The second-order valence-electron chi connectivity index (χ2n) is 4.33. The van der Waals surface area contributed by atoms with E-state index in [4.69, 9.17) is 0 Å². The Morgan fingerprint density at radius 2 is 2.00 bits per heavy atom. The molecule has 1 aliphatic heterocycles. The predicted octanol–water partition coefficient (Wildman–Crippen LogP) is 2.99.